The van der Waals surface area contributed by atoms with Crippen LogP contribution in [0, 0.1) is 0 Å². The third kappa shape index (κ3) is 3.77. The number of rotatable bonds is 6. The van der Waals surface area contributed by atoms with Crippen LogP contribution in [0.25, 0.3) is 11.4 Å². The molecule has 0 spiro atoms. The van der Waals surface area contributed by atoms with Gasteiger partial charge in [-0.1, -0.05) is 18.9 Å². The largest absolute Gasteiger partial charge is 0.497 e. The summed E-state index contributed by atoms with van der Waals surface area (Å²) < 4.78 is 16.6. The molecule has 2 aromatic carbocycles. The number of nitrogens with zero attached hydrogens (tertiary/aromatic N) is 2. The molecule has 2 aliphatic rings. The fraction of sp³-hybridized carbons (Fsp3) is 0.375. The van der Waals surface area contributed by atoms with E-state index in [0.29, 0.717) is 30.6 Å². The fourth-order valence-corrected chi connectivity index (χ4v) is 4.54. The summed E-state index contributed by atoms with van der Waals surface area (Å²) in [5.41, 5.74) is 1.30. The van der Waals surface area contributed by atoms with Crippen molar-refractivity contribution in [1.29, 1.82) is 0 Å². The molecule has 1 amide bonds. The lowest BCUT2D eigenvalue weighted by Gasteiger charge is -2.29. The molecule has 5 rings (SSSR count). The number of benzene rings is 2. The molecular weight excluding hydrogens is 408 g/mol. The molecule has 2 heterocycles. The first kappa shape index (κ1) is 20.4. The highest BCUT2D eigenvalue weighted by Gasteiger charge is 2.43. The molecule has 0 unspecified atom stereocenters. The van der Waals surface area contributed by atoms with Crippen molar-refractivity contribution in [3.63, 3.8) is 0 Å². The summed E-state index contributed by atoms with van der Waals surface area (Å²) in [6, 6.07) is 13.4. The minimum Gasteiger partial charge on any atom is -0.497 e. The smallest absolute Gasteiger partial charge is 0.231 e. The Morgan fingerprint density at radius 1 is 1.09 bits per heavy atom. The Morgan fingerprint density at radius 2 is 1.84 bits per heavy atom. The summed E-state index contributed by atoms with van der Waals surface area (Å²) in [5, 5.41) is 10.3. The molecular formula is C24H26N4O4. The Labute approximate surface area is 186 Å². The van der Waals surface area contributed by atoms with Gasteiger partial charge in [0.1, 0.15) is 24.8 Å². The predicted molar refractivity (Wildman–Crippen MR) is 118 cm³/mol. The van der Waals surface area contributed by atoms with Gasteiger partial charge in [-0.15, -0.1) is 0 Å². The van der Waals surface area contributed by atoms with Gasteiger partial charge < -0.3 is 19.5 Å². The van der Waals surface area contributed by atoms with E-state index in [1.807, 2.05) is 42.5 Å². The van der Waals surface area contributed by atoms with Gasteiger partial charge in [0.2, 0.25) is 5.91 Å². The van der Waals surface area contributed by atoms with Gasteiger partial charge in [0.15, 0.2) is 17.3 Å². The van der Waals surface area contributed by atoms with Crippen molar-refractivity contribution in [1.82, 2.24) is 20.5 Å². The lowest BCUT2D eigenvalue weighted by atomic mass is 9.77. The van der Waals surface area contributed by atoms with Gasteiger partial charge in [-0.2, -0.15) is 5.10 Å². The van der Waals surface area contributed by atoms with Gasteiger partial charge >= 0.3 is 0 Å². The molecule has 1 aliphatic carbocycles. The number of carbonyl (C=O) groups excluding carboxylic acids is 1. The highest BCUT2D eigenvalue weighted by molar-refractivity contribution is 5.88. The standard InChI is InChI=1S/C24H26N4O4/c1-30-18-7-4-16(5-8-18)22-26-21(27-28-22)15-25-23(29)24(10-2-3-11-24)17-6-9-19-20(14-17)32-13-12-31-19/h4-9,14H,2-3,10-13,15H2,1H3,(H,25,29)(H,26,27,28). The van der Waals surface area contributed by atoms with Crippen molar-refractivity contribution >= 4 is 5.91 Å². The zero-order chi connectivity index (χ0) is 22.0. The number of H-pyrrole nitrogens is 1. The maximum Gasteiger partial charge on any atom is 0.231 e. The Bertz CT molecular complexity index is 1100. The minimum atomic E-state index is -0.561. The zero-order valence-corrected chi connectivity index (χ0v) is 18.0. The van der Waals surface area contributed by atoms with Crippen molar-refractivity contribution in [3.8, 4) is 28.6 Å². The minimum absolute atomic E-state index is 0.00840. The van der Waals surface area contributed by atoms with Crippen LogP contribution in [0.5, 0.6) is 17.2 Å². The highest BCUT2D eigenvalue weighted by atomic mass is 16.6. The monoisotopic (exact) mass is 434 g/mol. The summed E-state index contributed by atoms with van der Waals surface area (Å²) in [4.78, 5) is 17.9. The maximum absolute atomic E-state index is 13.4. The lowest BCUT2D eigenvalue weighted by molar-refractivity contribution is -0.126. The number of hydrogen-bond acceptors (Lipinski definition) is 6. The summed E-state index contributed by atoms with van der Waals surface area (Å²) in [6.07, 6.45) is 3.66. The summed E-state index contributed by atoms with van der Waals surface area (Å²) in [5.74, 6) is 3.43. The first-order valence-electron chi connectivity index (χ1n) is 10.9. The molecule has 0 saturated heterocycles. The fourth-order valence-electron chi connectivity index (χ4n) is 4.54. The number of hydrogen-bond donors (Lipinski definition) is 2. The van der Waals surface area contributed by atoms with Gasteiger partial charge in [-0.25, -0.2) is 4.98 Å². The normalized spacial score (nSPS) is 16.5. The first-order chi connectivity index (χ1) is 15.7. The third-order valence-electron chi connectivity index (χ3n) is 6.28. The molecule has 8 heteroatoms. The van der Waals surface area contributed by atoms with Crippen LogP contribution in [0.4, 0.5) is 0 Å². The van der Waals surface area contributed by atoms with Crippen LogP contribution in [0.1, 0.15) is 37.1 Å². The number of fused-ring (bicyclic) bond motifs is 1. The third-order valence-corrected chi connectivity index (χ3v) is 6.28. The zero-order valence-electron chi connectivity index (χ0n) is 18.0. The van der Waals surface area contributed by atoms with Gasteiger partial charge in [0, 0.05) is 5.56 Å². The molecule has 1 aromatic heterocycles. The molecule has 1 fully saturated rings. The number of aromatic amines is 1. The van der Waals surface area contributed by atoms with Crippen LogP contribution in [-0.4, -0.2) is 41.4 Å². The molecule has 3 aromatic rings. The SMILES string of the molecule is COc1ccc(-c2n[nH]c(CNC(=O)C3(c4ccc5c(c4)OCCO5)CCCC3)n2)cc1. The van der Waals surface area contributed by atoms with Crippen molar-refractivity contribution in [3.05, 3.63) is 53.9 Å². The number of ether oxygens (including phenoxy) is 3. The second-order valence-electron chi connectivity index (χ2n) is 8.16. The van der Waals surface area contributed by atoms with Crippen molar-refractivity contribution in [2.24, 2.45) is 0 Å². The predicted octanol–water partition coefficient (Wildman–Crippen LogP) is 3.38. The number of carbonyl (C=O) groups is 1. The maximum atomic E-state index is 13.4. The molecule has 2 N–H and O–H groups in total. The van der Waals surface area contributed by atoms with Crippen LogP contribution in [0.15, 0.2) is 42.5 Å². The van der Waals surface area contributed by atoms with Gasteiger partial charge in [-0.05, 0) is 54.8 Å². The van der Waals surface area contributed by atoms with Crippen LogP contribution < -0.4 is 19.5 Å². The van der Waals surface area contributed by atoms with E-state index in [0.717, 1.165) is 48.3 Å². The van der Waals surface area contributed by atoms with E-state index in [-0.39, 0.29) is 12.5 Å². The Kier molecular flexibility index (Phi) is 5.43. The van der Waals surface area contributed by atoms with Crippen LogP contribution in [0.3, 0.4) is 0 Å². The number of methoxy groups -OCH3 is 1. The highest BCUT2D eigenvalue weighted by Crippen LogP contribution is 2.44. The van der Waals surface area contributed by atoms with E-state index < -0.39 is 5.41 Å². The molecule has 0 atom stereocenters. The second-order valence-corrected chi connectivity index (χ2v) is 8.16. The van der Waals surface area contributed by atoms with Gasteiger partial charge in [-0.3, -0.25) is 9.89 Å². The number of nitrogens with one attached hydrogen (secondary N) is 2. The van der Waals surface area contributed by atoms with Crippen molar-refractivity contribution in [2.75, 3.05) is 20.3 Å². The van der Waals surface area contributed by atoms with Crippen LogP contribution in [-0.2, 0) is 16.8 Å². The van der Waals surface area contributed by atoms with Gasteiger partial charge in [0.25, 0.3) is 0 Å². The van der Waals surface area contributed by atoms with Crippen molar-refractivity contribution < 1.29 is 19.0 Å². The first-order valence-corrected chi connectivity index (χ1v) is 10.9. The topological polar surface area (TPSA) is 98.4 Å². The number of amides is 1. The molecule has 8 nitrogen and oxygen atoms in total. The number of aromatic nitrogens is 3. The van der Waals surface area contributed by atoms with Gasteiger partial charge in [0.05, 0.1) is 19.1 Å². The average Bonchev–Trinajstić information content (AvgIpc) is 3.53. The molecule has 1 aliphatic heterocycles. The van der Waals surface area contributed by atoms with Crippen molar-refractivity contribution in [2.45, 2.75) is 37.6 Å². The quantitative estimate of drug-likeness (QED) is 0.617. The van der Waals surface area contributed by atoms with Crippen LogP contribution in [0.2, 0.25) is 0 Å². The van der Waals surface area contributed by atoms with E-state index in [4.69, 9.17) is 14.2 Å². The van der Waals surface area contributed by atoms with E-state index in [2.05, 4.69) is 20.5 Å². The lowest BCUT2D eigenvalue weighted by Crippen LogP contribution is -2.42. The Hall–Kier alpha value is -3.55. The molecule has 0 radical (unpaired) electrons. The van der Waals surface area contributed by atoms with E-state index in [1.165, 1.54) is 0 Å². The van der Waals surface area contributed by atoms with Crippen LogP contribution >= 0.6 is 0 Å². The average molecular weight is 434 g/mol. The summed E-state index contributed by atoms with van der Waals surface area (Å²) in [6.45, 7) is 1.36. The second kappa shape index (κ2) is 8.53. The molecule has 166 valence electrons. The molecule has 1 saturated carbocycles. The Morgan fingerprint density at radius 3 is 2.59 bits per heavy atom. The van der Waals surface area contributed by atoms with E-state index >= 15 is 0 Å². The Balaban J connectivity index is 1.30. The summed E-state index contributed by atoms with van der Waals surface area (Å²) >= 11 is 0. The van der Waals surface area contributed by atoms with E-state index in [1.54, 1.807) is 7.11 Å². The molecule has 32 heavy (non-hydrogen) atoms. The molecule has 0 bridgehead atoms. The summed E-state index contributed by atoms with van der Waals surface area (Å²) in [7, 11) is 1.63. The van der Waals surface area contributed by atoms with E-state index in [9.17, 15) is 4.79 Å².